The van der Waals surface area contributed by atoms with E-state index in [-0.39, 0.29) is 11.9 Å². The zero-order chi connectivity index (χ0) is 18.2. The van der Waals surface area contributed by atoms with Gasteiger partial charge in [-0.25, -0.2) is 0 Å². The van der Waals surface area contributed by atoms with Crippen LogP contribution < -0.4 is 19.5 Å². The fourth-order valence-corrected chi connectivity index (χ4v) is 2.51. The number of amides is 1. The molecule has 0 saturated carbocycles. The monoisotopic (exact) mass is 343 g/mol. The van der Waals surface area contributed by atoms with Crippen LogP contribution in [0.5, 0.6) is 17.2 Å². The molecule has 2 aromatic rings. The highest BCUT2D eigenvalue weighted by molar-refractivity contribution is 5.81. The van der Waals surface area contributed by atoms with Crippen LogP contribution in [0.3, 0.4) is 0 Å². The number of hydrogen-bond donors (Lipinski definition) is 1. The van der Waals surface area contributed by atoms with Crippen molar-refractivity contribution < 1.29 is 19.0 Å². The summed E-state index contributed by atoms with van der Waals surface area (Å²) in [4.78, 5) is 12.5. The molecule has 134 valence electrons. The number of rotatable bonds is 8. The molecule has 0 fully saturated rings. The van der Waals surface area contributed by atoms with Crippen molar-refractivity contribution in [1.29, 1.82) is 0 Å². The molecule has 5 nitrogen and oxygen atoms in total. The second kappa shape index (κ2) is 8.97. The van der Waals surface area contributed by atoms with E-state index in [1.54, 1.807) is 33.3 Å². The lowest BCUT2D eigenvalue weighted by Crippen LogP contribution is -2.38. The quantitative estimate of drug-likeness (QED) is 0.793. The number of carbonyl (C=O) groups is 1. The first-order valence-corrected chi connectivity index (χ1v) is 8.33. The van der Waals surface area contributed by atoms with Crippen molar-refractivity contribution in [3.8, 4) is 17.2 Å². The fourth-order valence-electron chi connectivity index (χ4n) is 2.51. The summed E-state index contributed by atoms with van der Waals surface area (Å²) in [6.07, 6.45) is 0.142. The number of nitrogens with one attached hydrogen (secondary N) is 1. The fraction of sp³-hybridized carbons (Fsp3) is 0.350. The SMILES string of the molecule is CC[C@H](NC(=O)[C@@H](C)Oc1ccccc1OC)c1ccc(OC)cc1. The number of benzene rings is 2. The maximum atomic E-state index is 12.5. The lowest BCUT2D eigenvalue weighted by atomic mass is 10.0. The van der Waals surface area contributed by atoms with Crippen LogP contribution in [-0.2, 0) is 4.79 Å². The minimum absolute atomic E-state index is 0.0814. The Morgan fingerprint density at radius 3 is 2.20 bits per heavy atom. The lowest BCUT2D eigenvalue weighted by Gasteiger charge is -2.21. The van der Waals surface area contributed by atoms with E-state index in [1.165, 1.54) is 0 Å². The molecule has 0 aliphatic heterocycles. The van der Waals surface area contributed by atoms with Crippen molar-refractivity contribution in [3.63, 3.8) is 0 Å². The Morgan fingerprint density at radius 2 is 1.64 bits per heavy atom. The normalized spacial score (nSPS) is 12.8. The van der Waals surface area contributed by atoms with Gasteiger partial charge < -0.3 is 19.5 Å². The van der Waals surface area contributed by atoms with Crippen LogP contribution in [0.2, 0.25) is 0 Å². The van der Waals surface area contributed by atoms with Gasteiger partial charge in [-0.3, -0.25) is 4.79 Å². The van der Waals surface area contributed by atoms with Gasteiger partial charge in [0.2, 0.25) is 0 Å². The van der Waals surface area contributed by atoms with E-state index >= 15 is 0 Å². The molecule has 25 heavy (non-hydrogen) atoms. The molecule has 0 aliphatic rings. The highest BCUT2D eigenvalue weighted by Crippen LogP contribution is 2.27. The van der Waals surface area contributed by atoms with Crippen molar-refractivity contribution in [2.24, 2.45) is 0 Å². The van der Waals surface area contributed by atoms with Crippen LogP contribution >= 0.6 is 0 Å². The molecule has 0 spiro atoms. The molecule has 2 rings (SSSR count). The number of carbonyl (C=O) groups excluding carboxylic acids is 1. The second-order valence-electron chi connectivity index (χ2n) is 5.65. The van der Waals surface area contributed by atoms with E-state index in [9.17, 15) is 4.79 Å². The molecule has 2 atom stereocenters. The van der Waals surface area contributed by atoms with E-state index in [1.807, 2.05) is 43.3 Å². The minimum atomic E-state index is -0.636. The van der Waals surface area contributed by atoms with Gasteiger partial charge in [0.05, 0.1) is 20.3 Å². The van der Waals surface area contributed by atoms with Crippen LogP contribution in [0.1, 0.15) is 31.9 Å². The Bertz CT molecular complexity index is 684. The summed E-state index contributed by atoms with van der Waals surface area (Å²) in [5.41, 5.74) is 1.03. The number of ether oxygens (including phenoxy) is 3. The Kier molecular flexibility index (Phi) is 6.69. The molecule has 5 heteroatoms. The van der Waals surface area contributed by atoms with E-state index in [0.29, 0.717) is 11.5 Å². The van der Waals surface area contributed by atoms with Gasteiger partial charge in [0, 0.05) is 0 Å². The maximum Gasteiger partial charge on any atom is 0.261 e. The molecule has 2 aromatic carbocycles. The first-order valence-electron chi connectivity index (χ1n) is 8.33. The molecular weight excluding hydrogens is 318 g/mol. The Hall–Kier alpha value is -2.69. The summed E-state index contributed by atoms with van der Waals surface area (Å²) in [7, 11) is 3.20. The van der Waals surface area contributed by atoms with Crippen molar-refractivity contribution >= 4 is 5.91 Å². The third-order valence-corrected chi connectivity index (χ3v) is 3.98. The molecule has 1 N–H and O–H groups in total. The highest BCUT2D eigenvalue weighted by atomic mass is 16.5. The third kappa shape index (κ3) is 4.89. The van der Waals surface area contributed by atoms with Gasteiger partial charge in [-0.2, -0.15) is 0 Å². The summed E-state index contributed by atoms with van der Waals surface area (Å²) in [6.45, 7) is 3.75. The van der Waals surface area contributed by atoms with Gasteiger partial charge in [-0.05, 0) is 43.2 Å². The van der Waals surface area contributed by atoms with Gasteiger partial charge >= 0.3 is 0 Å². The van der Waals surface area contributed by atoms with Gasteiger partial charge in [-0.1, -0.05) is 31.2 Å². The molecule has 0 aliphatic carbocycles. The van der Waals surface area contributed by atoms with Crippen LogP contribution in [0.15, 0.2) is 48.5 Å². The summed E-state index contributed by atoms with van der Waals surface area (Å²) >= 11 is 0. The standard InChI is InChI=1S/C20H25NO4/c1-5-17(15-10-12-16(23-3)13-11-15)21-20(22)14(2)25-19-9-7-6-8-18(19)24-4/h6-14,17H,5H2,1-4H3,(H,21,22)/t14-,17+/m1/s1. The zero-order valence-corrected chi connectivity index (χ0v) is 15.1. The molecule has 1 amide bonds. The molecule has 0 radical (unpaired) electrons. The molecule has 0 saturated heterocycles. The first-order chi connectivity index (χ1) is 12.1. The Balaban J connectivity index is 2.02. The number of hydrogen-bond acceptors (Lipinski definition) is 4. The second-order valence-corrected chi connectivity index (χ2v) is 5.65. The van der Waals surface area contributed by atoms with E-state index < -0.39 is 6.10 Å². The minimum Gasteiger partial charge on any atom is -0.497 e. The van der Waals surface area contributed by atoms with E-state index in [2.05, 4.69) is 5.32 Å². The van der Waals surface area contributed by atoms with Crippen molar-refractivity contribution in [2.75, 3.05) is 14.2 Å². The summed E-state index contributed by atoms with van der Waals surface area (Å²) < 4.78 is 16.2. The average Bonchev–Trinajstić information content (AvgIpc) is 2.66. The maximum absolute atomic E-state index is 12.5. The highest BCUT2D eigenvalue weighted by Gasteiger charge is 2.20. The average molecular weight is 343 g/mol. The predicted molar refractivity (Wildman–Crippen MR) is 97.3 cm³/mol. The van der Waals surface area contributed by atoms with Gasteiger partial charge in [-0.15, -0.1) is 0 Å². The van der Waals surface area contributed by atoms with Gasteiger partial charge in [0.1, 0.15) is 5.75 Å². The third-order valence-electron chi connectivity index (χ3n) is 3.98. The first kappa shape index (κ1) is 18.6. The molecular formula is C20H25NO4. The van der Waals surface area contributed by atoms with Crippen LogP contribution in [0.4, 0.5) is 0 Å². The lowest BCUT2D eigenvalue weighted by molar-refractivity contribution is -0.128. The van der Waals surface area contributed by atoms with Crippen LogP contribution in [-0.4, -0.2) is 26.2 Å². The van der Waals surface area contributed by atoms with Gasteiger partial charge in [0.15, 0.2) is 17.6 Å². The van der Waals surface area contributed by atoms with Crippen molar-refractivity contribution in [3.05, 3.63) is 54.1 Å². The van der Waals surface area contributed by atoms with E-state index in [0.717, 1.165) is 17.7 Å². The predicted octanol–water partition coefficient (Wildman–Crippen LogP) is 3.74. The molecule has 0 unspecified atom stereocenters. The summed E-state index contributed by atoms with van der Waals surface area (Å²) in [5.74, 6) is 1.76. The van der Waals surface area contributed by atoms with Crippen molar-refractivity contribution in [1.82, 2.24) is 5.32 Å². The van der Waals surface area contributed by atoms with Crippen molar-refractivity contribution in [2.45, 2.75) is 32.4 Å². The van der Waals surface area contributed by atoms with Crippen LogP contribution in [0, 0.1) is 0 Å². The Morgan fingerprint density at radius 1 is 1.00 bits per heavy atom. The Labute approximate surface area is 148 Å². The number of methoxy groups -OCH3 is 2. The smallest absolute Gasteiger partial charge is 0.261 e. The van der Waals surface area contributed by atoms with Crippen LogP contribution in [0.25, 0.3) is 0 Å². The molecule has 0 bridgehead atoms. The van der Waals surface area contributed by atoms with Gasteiger partial charge in [0.25, 0.3) is 5.91 Å². The number of para-hydroxylation sites is 2. The van der Waals surface area contributed by atoms with E-state index in [4.69, 9.17) is 14.2 Å². The molecule has 0 heterocycles. The zero-order valence-electron chi connectivity index (χ0n) is 15.1. The topological polar surface area (TPSA) is 56.8 Å². The molecule has 0 aromatic heterocycles. The summed E-state index contributed by atoms with van der Waals surface area (Å²) in [6, 6.07) is 14.9. The summed E-state index contributed by atoms with van der Waals surface area (Å²) in [5, 5.41) is 3.03. The largest absolute Gasteiger partial charge is 0.497 e.